The molecule has 0 unspecified atom stereocenters. The van der Waals surface area contributed by atoms with E-state index in [1.807, 2.05) is 21.7 Å². The fourth-order valence-electron chi connectivity index (χ4n) is 2.75. The van der Waals surface area contributed by atoms with Gasteiger partial charge in [0.15, 0.2) is 0 Å². The lowest BCUT2D eigenvalue weighted by molar-refractivity contribution is -0.135. The highest BCUT2D eigenvalue weighted by Gasteiger charge is 2.22. The van der Waals surface area contributed by atoms with Crippen LogP contribution in [0.2, 0.25) is 0 Å². The van der Waals surface area contributed by atoms with Crippen molar-refractivity contribution < 1.29 is 14.3 Å². The molecule has 2 amide bonds. The van der Waals surface area contributed by atoms with E-state index in [2.05, 4.69) is 5.32 Å². The number of ether oxygens (including phenoxy) is 1. The molecular formula is C14H19N3O3. The molecule has 1 saturated heterocycles. The Morgan fingerprint density at radius 3 is 2.95 bits per heavy atom. The maximum absolute atomic E-state index is 12.3. The van der Waals surface area contributed by atoms with Crippen molar-refractivity contribution >= 4 is 11.8 Å². The zero-order chi connectivity index (χ0) is 13.9. The Morgan fingerprint density at radius 1 is 1.35 bits per heavy atom. The Morgan fingerprint density at radius 2 is 2.15 bits per heavy atom. The van der Waals surface area contributed by atoms with Crippen molar-refractivity contribution in [2.24, 2.45) is 0 Å². The molecule has 1 N–H and O–H groups in total. The summed E-state index contributed by atoms with van der Waals surface area (Å²) < 4.78 is 7.17. The van der Waals surface area contributed by atoms with E-state index in [1.165, 1.54) is 0 Å². The predicted molar refractivity (Wildman–Crippen MR) is 72.5 cm³/mol. The molecule has 6 heteroatoms. The molecule has 3 rings (SSSR count). The van der Waals surface area contributed by atoms with Crippen molar-refractivity contribution in [2.75, 3.05) is 32.8 Å². The number of hydrogen-bond donors (Lipinski definition) is 1. The average molecular weight is 277 g/mol. The molecule has 20 heavy (non-hydrogen) atoms. The first kappa shape index (κ1) is 13.2. The van der Waals surface area contributed by atoms with Crippen molar-refractivity contribution in [1.82, 2.24) is 14.8 Å². The topological polar surface area (TPSA) is 63.6 Å². The van der Waals surface area contributed by atoms with Gasteiger partial charge in [-0.3, -0.25) is 9.59 Å². The largest absolute Gasteiger partial charge is 0.378 e. The number of morpholine rings is 1. The molecule has 0 bridgehead atoms. The first-order valence-electron chi connectivity index (χ1n) is 7.07. The summed E-state index contributed by atoms with van der Waals surface area (Å²) in [7, 11) is 0. The van der Waals surface area contributed by atoms with Gasteiger partial charge in [0.25, 0.3) is 5.91 Å². The van der Waals surface area contributed by atoms with E-state index in [-0.39, 0.29) is 11.8 Å². The number of amides is 2. The SMILES string of the molecule is O=C1NCCCc2c1ccn2CC(=O)N1CCOCC1. The van der Waals surface area contributed by atoms with Crippen molar-refractivity contribution in [3.8, 4) is 0 Å². The maximum atomic E-state index is 12.3. The Hall–Kier alpha value is -1.82. The van der Waals surface area contributed by atoms with Crippen LogP contribution in [-0.4, -0.2) is 54.1 Å². The van der Waals surface area contributed by atoms with Gasteiger partial charge < -0.3 is 19.5 Å². The number of rotatable bonds is 2. The van der Waals surface area contributed by atoms with Gasteiger partial charge in [0.1, 0.15) is 6.54 Å². The second-order valence-corrected chi connectivity index (χ2v) is 5.16. The van der Waals surface area contributed by atoms with Gasteiger partial charge in [0, 0.05) is 31.5 Å². The molecular weight excluding hydrogens is 258 g/mol. The summed E-state index contributed by atoms with van der Waals surface area (Å²) in [6, 6.07) is 1.81. The molecule has 0 spiro atoms. The Kier molecular flexibility index (Phi) is 3.73. The minimum atomic E-state index is -0.0323. The van der Waals surface area contributed by atoms with Crippen molar-refractivity contribution in [3.05, 3.63) is 23.5 Å². The van der Waals surface area contributed by atoms with E-state index < -0.39 is 0 Å². The molecule has 0 atom stereocenters. The summed E-state index contributed by atoms with van der Waals surface area (Å²) in [6.45, 7) is 3.54. The normalized spacial score (nSPS) is 19.2. The Balaban J connectivity index is 1.74. The molecule has 108 valence electrons. The van der Waals surface area contributed by atoms with Crippen LogP contribution in [-0.2, 0) is 22.5 Å². The number of carbonyl (C=O) groups excluding carboxylic acids is 2. The van der Waals surface area contributed by atoms with Crippen LogP contribution in [0.1, 0.15) is 22.5 Å². The molecule has 2 aliphatic heterocycles. The number of hydrogen-bond acceptors (Lipinski definition) is 3. The highest BCUT2D eigenvalue weighted by atomic mass is 16.5. The summed E-state index contributed by atoms with van der Waals surface area (Å²) in [5.41, 5.74) is 1.68. The third-order valence-corrected chi connectivity index (χ3v) is 3.87. The van der Waals surface area contributed by atoms with E-state index in [0.717, 1.165) is 18.5 Å². The number of aromatic nitrogens is 1. The van der Waals surface area contributed by atoms with E-state index in [9.17, 15) is 9.59 Å². The van der Waals surface area contributed by atoms with Gasteiger partial charge in [-0.2, -0.15) is 0 Å². The van der Waals surface area contributed by atoms with Gasteiger partial charge in [0.2, 0.25) is 5.91 Å². The van der Waals surface area contributed by atoms with Crippen LogP contribution >= 0.6 is 0 Å². The predicted octanol–water partition coefficient (Wildman–Crippen LogP) is 0.0229. The van der Waals surface area contributed by atoms with Gasteiger partial charge in [-0.1, -0.05) is 0 Å². The summed E-state index contributed by atoms with van der Waals surface area (Å²) in [4.78, 5) is 26.0. The molecule has 0 saturated carbocycles. The standard InChI is InChI=1S/C14H19N3O3/c18-13(16-6-8-20-9-7-16)10-17-5-3-11-12(17)2-1-4-15-14(11)19/h3,5H,1-2,4,6-10H2,(H,15,19). The van der Waals surface area contributed by atoms with Crippen LogP contribution in [0.3, 0.4) is 0 Å². The summed E-state index contributed by atoms with van der Waals surface area (Å²) in [5, 5.41) is 2.87. The maximum Gasteiger partial charge on any atom is 0.253 e. The molecule has 1 aromatic rings. The monoisotopic (exact) mass is 277 g/mol. The summed E-state index contributed by atoms with van der Waals surface area (Å²) in [6.07, 6.45) is 3.58. The minimum absolute atomic E-state index is 0.0323. The number of nitrogens with one attached hydrogen (secondary N) is 1. The fourth-order valence-corrected chi connectivity index (χ4v) is 2.75. The van der Waals surface area contributed by atoms with E-state index >= 15 is 0 Å². The first-order chi connectivity index (χ1) is 9.75. The minimum Gasteiger partial charge on any atom is -0.378 e. The van der Waals surface area contributed by atoms with Gasteiger partial charge in [0.05, 0.1) is 18.8 Å². The van der Waals surface area contributed by atoms with Crippen molar-refractivity contribution in [2.45, 2.75) is 19.4 Å². The second-order valence-electron chi connectivity index (χ2n) is 5.16. The number of fused-ring (bicyclic) bond motifs is 1. The van der Waals surface area contributed by atoms with Crippen molar-refractivity contribution in [3.63, 3.8) is 0 Å². The highest BCUT2D eigenvalue weighted by molar-refractivity contribution is 5.96. The van der Waals surface area contributed by atoms with Gasteiger partial charge in [-0.05, 0) is 18.9 Å². The summed E-state index contributed by atoms with van der Waals surface area (Å²) >= 11 is 0. The van der Waals surface area contributed by atoms with Gasteiger partial charge in [-0.15, -0.1) is 0 Å². The molecule has 6 nitrogen and oxygen atoms in total. The average Bonchev–Trinajstić information content (AvgIpc) is 2.77. The smallest absolute Gasteiger partial charge is 0.253 e. The Bertz CT molecular complexity index is 518. The molecule has 1 fully saturated rings. The second kappa shape index (κ2) is 5.66. The highest BCUT2D eigenvalue weighted by Crippen LogP contribution is 2.16. The third-order valence-electron chi connectivity index (χ3n) is 3.87. The Labute approximate surface area is 117 Å². The first-order valence-corrected chi connectivity index (χ1v) is 7.07. The number of nitrogens with zero attached hydrogens (tertiary/aromatic N) is 2. The lowest BCUT2D eigenvalue weighted by Crippen LogP contribution is -2.42. The van der Waals surface area contributed by atoms with Crippen molar-refractivity contribution in [1.29, 1.82) is 0 Å². The van der Waals surface area contributed by atoms with E-state index in [0.29, 0.717) is 45.0 Å². The van der Waals surface area contributed by atoms with Crippen LogP contribution < -0.4 is 5.32 Å². The van der Waals surface area contributed by atoms with Crippen LogP contribution in [0.15, 0.2) is 12.3 Å². The lowest BCUT2D eigenvalue weighted by Gasteiger charge is -2.27. The van der Waals surface area contributed by atoms with E-state index in [4.69, 9.17) is 4.74 Å². The van der Waals surface area contributed by atoms with Crippen LogP contribution in [0, 0.1) is 0 Å². The van der Waals surface area contributed by atoms with E-state index in [1.54, 1.807) is 0 Å². The zero-order valence-electron chi connectivity index (χ0n) is 11.4. The van der Waals surface area contributed by atoms with Crippen LogP contribution in [0.25, 0.3) is 0 Å². The van der Waals surface area contributed by atoms with Gasteiger partial charge in [-0.25, -0.2) is 0 Å². The molecule has 1 aromatic heterocycles. The number of carbonyl (C=O) groups is 2. The van der Waals surface area contributed by atoms with Crippen LogP contribution in [0.5, 0.6) is 0 Å². The molecule has 3 heterocycles. The van der Waals surface area contributed by atoms with Gasteiger partial charge >= 0.3 is 0 Å². The van der Waals surface area contributed by atoms with Crippen LogP contribution in [0.4, 0.5) is 0 Å². The molecule has 0 radical (unpaired) electrons. The third kappa shape index (κ3) is 2.56. The zero-order valence-corrected chi connectivity index (χ0v) is 11.4. The molecule has 2 aliphatic rings. The lowest BCUT2D eigenvalue weighted by atomic mass is 10.2. The molecule has 0 aliphatic carbocycles. The fraction of sp³-hybridized carbons (Fsp3) is 0.571. The summed E-state index contributed by atoms with van der Waals surface area (Å²) in [5.74, 6) is 0.0615. The molecule has 0 aromatic carbocycles. The quantitative estimate of drug-likeness (QED) is 0.829.